The Hall–Kier alpha value is -1.89. The molecule has 6 nitrogen and oxygen atoms in total. The molecule has 1 aromatic heterocycles. The van der Waals surface area contributed by atoms with Gasteiger partial charge in [0.1, 0.15) is 5.00 Å². The molecule has 0 bridgehead atoms. The second-order valence-corrected chi connectivity index (χ2v) is 7.17. The summed E-state index contributed by atoms with van der Waals surface area (Å²) in [6.45, 7) is 3.67. The van der Waals surface area contributed by atoms with Crippen molar-refractivity contribution in [2.24, 2.45) is 5.92 Å². The van der Waals surface area contributed by atoms with Gasteiger partial charge in [-0.3, -0.25) is 9.59 Å². The SMILES string of the molecule is CCOC(=O)c1c(NC(=O)C2CCCC2)sc(C(=O)N(C)C)c1C. The molecular formula is C17H24N2O4S. The van der Waals surface area contributed by atoms with Crippen molar-refractivity contribution < 1.29 is 19.1 Å². The fourth-order valence-corrected chi connectivity index (χ4v) is 4.08. The maximum atomic E-state index is 12.4. The number of ether oxygens (including phenoxy) is 1. The van der Waals surface area contributed by atoms with Crippen LogP contribution in [0.3, 0.4) is 0 Å². The molecule has 132 valence electrons. The smallest absolute Gasteiger partial charge is 0.341 e. The minimum Gasteiger partial charge on any atom is -0.462 e. The lowest BCUT2D eigenvalue weighted by Crippen LogP contribution is -2.21. The molecule has 0 spiro atoms. The topological polar surface area (TPSA) is 75.7 Å². The van der Waals surface area contributed by atoms with Crippen LogP contribution in [0.15, 0.2) is 0 Å². The standard InChI is InChI=1S/C17H24N2O4S/c1-5-23-17(22)12-10(2)13(16(21)19(3)4)24-15(12)18-14(20)11-8-6-7-9-11/h11H,5-9H2,1-4H3,(H,18,20). The van der Waals surface area contributed by atoms with Gasteiger partial charge in [0.15, 0.2) is 0 Å². The quantitative estimate of drug-likeness (QED) is 0.826. The summed E-state index contributed by atoms with van der Waals surface area (Å²) in [5, 5.41) is 3.27. The summed E-state index contributed by atoms with van der Waals surface area (Å²) in [6.07, 6.45) is 3.84. The molecule has 0 radical (unpaired) electrons. The van der Waals surface area contributed by atoms with Gasteiger partial charge in [-0.25, -0.2) is 4.79 Å². The second-order valence-electron chi connectivity index (χ2n) is 6.15. The van der Waals surface area contributed by atoms with Crippen LogP contribution in [0.4, 0.5) is 5.00 Å². The van der Waals surface area contributed by atoms with Gasteiger partial charge >= 0.3 is 5.97 Å². The van der Waals surface area contributed by atoms with E-state index >= 15 is 0 Å². The number of nitrogens with zero attached hydrogens (tertiary/aromatic N) is 1. The molecule has 2 amide bonds. The van der Waals surface area contributed by atoms with Crippen molar-refractivity contribution in [3.8, 4) is 0 Å². The van der Waals surface area contributed by atoms with E-state index in [1.54, 1.807) is 27.9 Å². The number of hydrogen-bond acceptors (Lipinski definition) is 5. The third-order valence-electron chi connectivity index (χ3n) is 4.19. The van der Waals surface area contributed by atoms with E-state index in [0.717, 1.165) is 37.0 Å². The Labute approximate surface area is 146 Å². The number of thiophene rings is 1. The zero-order valence-electron chi connectivity index (χ0n) is 14.6. The minimum absolute atomic E-state index is 0.0181. The van der Waals surface area contributed by atoms with Gasteiger partial charge in [0, 0.05) is 20.0 Å². The van der Waals surface area contributed by atoms with E-state index in [9.17, 15) is 14.4 Å². The zero-order chi connectivity index (χ0) is 17.9. The van der Waals surface area contributed by atoms with Crippen LogP contribution >= 0.6 is 11.3 Å². The van der Waals surface area contributed by atoms with Crippen molar-refractivity contribution in [2.75, 3.05) is 26.0 Å². The van der Waals surface area contributed by atoms with Crippen LogP contribution in [-0.2, 0) is 9.53 Å². The molecule has 24 heavy (non-hydrogen) atoms. The third kappa shape index (κ3) is 3.77. The minimum atomic E-state index is -0.509. The van der Waals surface area contributed by atoms with E-state index in [1.807, 2.05) is 0 Å². The lowest BCUT2D eigenvalue weighted by atomic mass is 10.1. The molecule has 1 saturated carbocycles. The number of esters is 1. The van der Waals surface area contributed by atoms with Gasteiger partial charge in [0.2, 0.25) is 5.91 Å². The van der Waals surface area contributed by atoms with Crippen LogP contribution < -0.4 is 5.32 Å². The Morgan fingerprint density at radius 3 is 2.42 bits per heavy atom. The molecule has 1 aliphatic carbocycles. The van der Waals surface area contributed by atoms with Gasteiger partial charge in [0.25, 0.3) is 5.91 Å². The van der Waals surface area contributed by atoms with Crippen LogP contribution in [0.5, 0.6) is 0 Å². The first-order valence-corrected chi connectivity index (χ1v) is 9.01. The maximum Gasteiger partial charge on any atom is 0.341 e. The molecule has 1 fully saturated rings. The number of anilines is 1. The van der Waals surface area contributed by atoms with Crippen molar-refractivity contribution >= 4 is 34.1 Å². The summed E-state index contributed by atoms with van der Waals surface area (Å²) in [6, 6.07) is 0. The van der Waals surface area contributed by atoms with Crippen LogP contribution in [0.1, 0.15) is 58.2 Å². The van der Waals surface area contributed by atoms with Crippen LogP contribution in [0, 0.1) is 12.8 Å². The molecule has 0 saturated heterocycles. The highest BCUT2D eigenvalue weighted by Gasteiger charge is 2.29. The average molecular weight is 352 g/mol. The van der Waals surface area contributed by atoms with Crippen molar-refractivity contribution in [2.45, 2.75) is 39.5 Å². The van der Waals surface area contributed by atoms with Gasteiger partial charge in [-0.05, 0) is 32.3 Å². The Morgan fingerprint density at radius 2 is 1.88 bits per heavy atom. The third-order valence-corrected chi connectivity index (χ3v) is 5.38. The van der Waals surface area contributed by atoms with Crippen molar-refractivity contribution in [3.63, 3.8) is 0 Å². The number of carbonyl (C=O) groups is 3. The van der Waals surface area contributed by atoms with Crippen molar-refractivity contribution in [1.29, 1.82) is 0 Å². The summed E-state index contributed by atoms with van der Waals surface area (Å²) in [4.78, 5) is 39.0. The number of nitrogens with one attached hydrogen (secondary N) is 1. The highest BCUT2D eigenvalue weighted by Crippen LogP contribution is 2.35. The number of carbonyl (C=O) groups excluding carboxylic acids is 3. The Kier molecular flexibility index (Phi) is 5.99. The predicted octanol–water partition coefficient (Wildman–Crippen LogP) is 3.06. The number of amides is 2. The van der Waals surface area contributed by atoms with E-state index in [2.05, 4.69) is 5.32 Å². The molecule has 1 aromatic rings. The first-order valence-electron chi connectivity index (χ1n) is 8.19. The first kappa shape index (κ1) is 18.4. The molecule has 7 heteroatoms. The highest BCUT2D eigenvalue weighted by molar-refractivity contribution is 7.18. The van der Waals surface area contributed by atoms with Crippen molar-refractivity contribution in [1.82, 2.24) is 4.90 Å². The largest absolute Gasteiger partial charge is 0.462 e. The van der Waals surface area contributed by atoms with Crippen LogP contribution in [-0.4, -0.2) is 43.4 Å². The van der Waals surface area contributed by atoms with E-state index in [-0.39, 0.29) is 24.3 Å². The molecule has 0 unspecified atom stereocenters. The van der Waals surface area contributed by atoms with E-state index in [4.69, 9.17) is 4.74 Å². The van der Waals surface area contributed by atoms with Gasteiger partial charge in [-0.15, -0.1) is 11.3 Å². The van der Waals surface area contributed by atoms with Gasteiger partial charge in [0.05, 0.1) is 17.0 Å². The Bertz CT molecular complexity index is 645. The first-order chi connectivity index (χ1) is 11.4. The van der Waals surface area contributed by atoms with E-state index < -0.39 is 5.97 Å². The monoisotopic (exact) mass is 352 g/mol. The average Bonchev–Trinajstić information content (AvgIpc) is 3.15. The fraction of sp³-hybridized carbons (Fsp3) is 0.588. The summed E-state index contributed by atoms with van der Waals surface area (Å²) in [5.41, 5.74) is 0.845. The molecule has 0 atom stereocenters. The Morgan fingerprint density at radius 1 is 1.25 bits per heavy atom. The molecule has 0 aliphatic heterocycles. The fourth-order valence-electron chi connectivity index (χ4n) is 2.86. The van der Waals surface area contributed by atoms with Crippen LogP contribution in [0.25, 0.3) is 0 Å². The number of rotatable bonds is 5. The molecule has 1 N–H and O–H groups in total. The molecule has 1 aliphatic rings. The van der Waals surface area contributed by atoms with E-state index in [0.29, 0.717) is 21.0 Å². The maximum absolute atomic E-state index is 12.4. The van der Waals surface area contributed by atoms with Gasteiger partial charge in [-0.1, -0.05) is 12.8 Å². The Balaban J connectivity index is 2.36. The lowest BCUT2D eigenvalue weighted by molar-refractivity contribution is -0.119. The van der Waals surface area contributed by atoms with Gasteiger partial charge in [-0.2, -0.15) is 0 Å². The molecule has 2 rings (SSSR count). The van der Waals surface area contributed by atoms with Gasteiger partial charge < -0.3 is 15.0 Å². The normalized spacial score (nSPS) is 14.5. The zero-order valence-corrected chi connectivity index (χ0v) is 15.4. The molecule has 1 heterocycles. The molecular weight excluding hydrogens is 328 g/mol. The highest BCUT2D eigenvalue weighted by atomic mass is 32.1. The summed E-state index contributed by atoms with van der Waals surface area (Å²) in [5.74, 6) is -0.797. The van der Waals surface area contributed by atoms with Crippen LogP contribution in [0.2, 0.25) is 0 Å². The summed E-state index contributed by atoms with van der Waals surface area (Å²) >= 11 is 1.14. The van der Waals surface area contributed by atoms with E-state index in [1.165, 1.54) is 4.90 Å². The number of hydrogen-bond donors (Lipinski definition) is 1. The summed E-state index contributed by atoms with van der Waals surface area (Å²) in [7, 11) is 3.31. The summed E-state index contributed by atoms with van der Waals surface area (Å²) < 4.78 is 5.10. The lowest BCUT2D eigenvalue weighted by Gasteiger charge is -2.10. The van der Waals surface area contributed by atoms with Crippen molar-refractivity contribution in [3.05, 3.63) is 16.0 Å². The molecule has 0 aromatic carbocycles. The second kappa shape index (κ2) is 7.79. The predicted molar refractivity (Wildman–Crippen MR) is 93.6 cm³/mol.